The van der Waals surface area contributed by atoms with Crippen molar-refractivity contribution in [3.63, 3.8) is 0 Å². The number of aromatic nitrogens is 2. The third kappa shape index (κ3) is 5.41. The topological polar surface area (TPSA) is 66.2 Å². The molecule has 0 aliphatic carbocycles. The zero-order valence-corrected chi connectivity index (χ0v) is 20.7. The van der Waals surface area contributed by atoms with Crippen molar-refractivity contribution in [2.75, 3.05) is 38.7 Å². The van der Waals surface area contributed by atoms with Crippen LogP contribution in [0.25, 0.3) is 5.65 Å². The van der Waals surface area contributed by atoms with Gasteiger partial charge in [0.05, 0.1) is 18.5 Å². The lowest BCUT2D eigenvalue weighted by Crippen LogP contribution is -2.45. The zero-order valence-electron chi connectivity index (χ0n) is 18.3. The van der Waals surface area contributed by atoms with Crippen molar-refractivity contribution < 1.29 is 4.74 Å². The maximum Gasteiger partial charge on any atom is 0.191 e. The predicted molar refractivity (Wildman–Crippen MR) is 137 cm³/mol. The van der Waals surface area contributed by atoms with Crippen LogP contribution in [0.15, 0.2) is 53.8 Å². The Balaban J connectivity index is 0.00000272. The van der Waals surface area contributed by atoms with Crippen LogP contribution < -0.4 is 20.3 Å². The smallest absolute Gasteiger partial charge is 0.191 e. The average molecular weight is 534 g/mol. The molecule has 1 atom stereocenters. The van der Waals surface area contributed by atoms with Gasteiger partial charge in [0, 0.05) is 51.5 Å². The highest BCUT2D eigenvalue weighted by Crippen LogP contribution is 2.30. The van der Waals surface area contributed by atoms with Crippen molar-refractivity contribution in [2.45, 2.75) is 25.8 Å². The van der Waals surface area contributed by atoms with Crippen molar-refractivity contribution in [3.05, 3.63) is 60.0 Å². The Kier molecular flexibility index (Phi) is 8.00. The molecule has 166 valence electrons. The number of rotatable bonds is 6. The molecule has 1 fully saturated rings. The number of benzene rings is 1. The number of guanidine groups is 1. The summed E-state index contributed by atoms with van der Waals surface area (Å²) in [7, 11) is 3.54. The van der Waals surface area contributed by atoms with E-state index in [1.54, 1.807) is 7.11 Å². The van der Waals surface area contributed by atoms with Crippen molar-refractivity contribution in [1.29, 1.82) is 0 Å². The monoisotopic (exact) mass is 534 g/mol. The van der Waals surface area contributed by atoms with E-state index in [0.717, 1.165) is 61.2 Å². The molecular formula is C23H31IN6O. The van der Waals surface area contributed by atoms with Gasteiger partial charge in [0.15, 0.2) is 5.96 Å². The van der Waals surface area contributed by atoms with Crippen LogP contribution in [-0.4, -0.2) is 55.2 Å². The molecule has 31 heavy (non-hydrogen) atoms. The molecule has 2 aromatic heterocycles. The maximum absolute atomic E-state index is 5.51. The van der Waals surface area contributed by atoms with Crippen LogP contribution in [0.4, 0.5) is 5.69 Å². The lowest BCUT2D eigenvalue weighted by Gasteiger charge is -2.22. The van der Waals surface area contributed by atoms with E-state index >= 15 is 0 Å². The SMILES string of the molecule is CN=C(NCCc1cn2cccc(C)c2n1)NC1CCN(c2ccccc2OC)C1.I. The van der Waals surface area contributed by atoms with Gasteiger partial charge >= 0.3 is 0 Å². The third-order valence-corrected chi connectivity index (χ3v) is 5.58. The molecular weight excluding hydrogens is 503 g/mol. The van der Waals surface area contributed by atoms with Crippen LogP contribution in [-0.2, 0) is 6.42 Å². The highest BCUT2D eigenvalue weighted by Gasteiger charge is 2.25. The predicted octanol–water partition coefficient (Wildman–Crippen LogP) is 3.26. The van der Waals surface area contributed by atoms with Gasteiger partial charge in [-0.05, 0) is 37.1 Å². The normalized spacial score (nSPS) is 16.3. The first-order valence-corrected chi connectivity index (χ1v) is 10.5. The number of aryl methyl sites for hydroxylation is 1. The molecule has 4 rings (SSSR count). The van der Waals surface area contributed by atoms with E-state index in [-0.39, 0.29) is 24.0 Å². The number of fused-ring (bicyclic) bond motifs is 1. The second kappa shape index (κ2) is 10.7. The summed E-state index contributed by atoms with van der Waals surface area (Å²) >= 11 is 0. The van der Waals surface area contributed by atoms with Crippen molar-refractivity contribution in [1.82, 2.24) is 20.0 Å². The third-order valence-electron chi connectivity index (χ3n) is 5.58. The fourth-order valence-electron chi connectivity index (χ4n) is 4.01. The Morgan fingerprint density at radius 1 is 1.26 bits per heavy atom. The molecule has 3 aromatic rings. The number of hydrogen-bond acceptors (Lipinski definition) is 4. The molecule has 7 nitrogen and oxygen atoms in total. The number of nitrogens with one attached hydrogen (secondary N) is 2. The van der Waals surface area contributed by atoms with E-state index in [1.807, 2.05) is 31.4 Å². The maximum atomic E-state index is 5.51. The summed E-state index contributed by atoms with van der Waals surface area (Å²) in [4.78, 5) is 11.5. The molecule has 1 aliphatic rings. The van der Waals surface area contributed by atoms with Gasteiger partial charge in [-0.3, -0.25) is 4.99 Å². The summed E-state index contributed by atoms with van der Waals surface area (Å²) in [5.41, 5.74) is 4.44. The molecule has 1 saturated heterocycles. The van der Waals surface area contributed by atoms with Gasteiger partial charge in [-0.1, -0.05) is 18.2 Å². The molecule has 1 unspecified atom stereocenters. The molecule has 0 bridgehead atoms. The van der Waals surface area contributed by atoms with Crippen LogP contribution in [0.1, 0.15) is 17.7 Å². The largest absolute Gasteiger partial charge is 0.495 e. The van der Waals surface area contributed by atoms with Gasteiger partial charge in [-0.25, -0.2) is 4.98 Å². The Morgan fingerprint density at radius 3 is 2.87 bits per heavy atom. The van der Waals surface area contributed by atoms with Crippen LogP contribution >= 0.6 is 24.0 Å². The van der Waals surface area contributed by atoms with Crippen molar-refractivity contribution in [3.8, 4) is 5.75 Å². The minimum atomic E-state index is 0. The summed E-state index contributed by atoms with van der Waals surface area (Å²) in [6.07, 6.45) is 6.05. The average Bonchev–Trinajstić information content (AvgIpc) is 3.40. The van der Waals surface area contributed by atoms with Gasteiger partial charge in [-0.2, -0.15) is 0 Å². The van der Waals surface area contributed by atoms with E-state index in [4.69, 9.17) is 9.72 Å². The van der Waals surface area contributed by atoms with Gasteiger partial charge in [-0.15, -0.1) is 24.0 Å². The first kappa shape index (κ1) is 23.2. The van der Waals surface area contributed by atoms with Gasteiger partial charge in [0.1, 0.15) is 11.4 Å². The number of nitrogens with zero attached hydrogens (tertiary/aromatic N) is 4. The fraction of sp³-hybridized carbons (Fsp3) is 0.391. The number of anilines is 1. The quantitative estimate of drug-likeness (QED) is 0.289. The standard InChI is InChI=1S/C23H30N6O.HI/c1-17-7-6-13-29-16-18(26-22(17)29)10-12-25-23(24-2)27-19-11-14-28(15-19)20-8-4-5-9-21(20)30-3;/h4-9,13,16,19H,10-12,14-15H2,1-3H3,(H2,24,25,27);1H. The Morgan fingerprint density at radius 2 is 2.10 bits per heavy atom. The zero-order chi connectivity index (χ0) is 20.9. The molecule has 0 amide bonds. The number of hydrogen-bond donors (Lipinski definition) is 2. The van der Waals surface area contributed by atoms with Crippen LogP contribution in [0.2, 0.25) is 0 Å². The molecule has 1 aliphatic heterocycles. The Labute approximate surface area is 200 Å². The number of imidazole rings is 1. The van der Waals surface area contributed by atoms with E-state index in [9.17, 15) is 0 Å². The second-order valence-electron chi connectivity index (χ2n) is 7.65. The second-order valence-corrected chi connectivity index (χ2v) is 7.65. The number of ether oxygens (including phenoxy) is 1. The Hall–Kier alpha value is -2.49. The number of pyridine rings is 1. The summed E-state index contributed by atoms with van der Waals surface area (Å²) in [5.74, 6) is 1.75. The van der Waals surface area contributed by atoms with E-state index in [1.165, 1.54) is 5.56 Å². The van der Waals surface area contributed by atoms with Crippen LogP contribution in [0.3, 0.4) is 0 Å². The lowest BCUT2D eigenvalue weighted by atomic mass is 10.2. The van der Waals surface area contributed by atoms with Crippen LogP contribution in [0, 0.1) is 6.92 Å². The summed E-state index contributed by atoms with van der Waals surface area (Å²) < 4.78 is 7.60. The molecule has 0 radical (unpaired) electrons. The highest BCUT2D eigenvalue weighted by atomic mass is 127. The van der Waals surface area contributed by atoms with E-state index in [2.05, 4.69) is 56.2 Å². The van der Waals surface area contributed by atoms with Crippen molar-refractivity contribution >= 4 is 41.3 Å². The van der Waals surface area contributed by atoms with Gasteiger partial charge in [0.25, 0.3) is 0 Å². The lowest BCUT2D eigenvalue weighted by molar-refractivity contribution is 0.415. The first-order chi connectivity index (χ1) is 14.7. The molecule has 0 spiro atoms. The summed E-state index contributed by atoms with van der Waals surface area (Å²) in [6.45, 7) is 4.79. The number of aliphatic imine (C=N–C) groups is 1. The first-order valence-electron chi connectivity index (χ1n) is 10.5. The minimum absolute atomic E-state index is 0. The molecule has 0 saturated carbocycles. The molecule has 3 heterocycles. The highest BCUT2D eigenvalue weighted by molar-refractivity contribution is 14.0. The summed E-state index contributed by atoms with van der Waals surface area (Å²) in [6, 6.07) is 12.7. The van der Waals surface area contributed by atoms with E-state index < -0.39 is 0 Å². The summed E-state index contributed by atoms with van der Waals surface area (Å²) in [5, 5.41) is 6.98. The van der Waals surface area contributed by atoms with E-state index in [0.29, 0.717) is 6.04 Å². The number of methoxy groups -OCH3 is 1. The fourth-order valence-corrected chi connectivity index (χ4v) is 4.01. The Bertz CT molecular complexity index is 1030. The molecule has 8 heteroatoms. The minimum Gasteiger partial charge on any atom is -0.495 e. The van der Waals surface area contributed by atoms with Crippen LogP contribution in [0.5, 0.6) is 5.75 Å². The van der Waals surface area contributed by atoms with Crippen molar-refractivity contribution in [2.24, 2.45) is 4.99 Å². The number of para-hydroxylation sites is 2. The van der Waals surface area contributed by atoms with Gasteiger partial charge in [0.2, 0.25) is 0 Å². The van der Waals surface area contributed by atoms with Gasteiger partial charge < -0.3 is 24.7 Å². The molecule has 1 aromatic carbocycles. The molecule has 2 N–H and O–H groups in total. The number of halogens is 1.